The van der Waals surface area contributed by atoms with Crippen LogP contribution in [0.25, 0.3) is 0 Å². The Bertz CT molecular complexity index is 1380. The first kappa shape index (κ1) is 44.8. The molecule has 4 aromatic carbocycles. The normalized spacial score (nSPS) is 9.07. The molecule has 4 rings (SSSR count). The molecule has 3 radical (unpaired) electrons. The zero-order chi connectivity index (χ0) is 33.1. The fourth-order valence-electron chi connectivity index (χ4n) is 3.82. The van der Waals surface area contributed by atoms with E-state index in [9.17, 15) is 9.59 Å². The number of carbonyl (C=O) groups is 2. The van der Waals surface area contributed by atoms with Gasteiger partial charge in [-0.15, -0.1) is 0 Å². The summed E-state index contributed by atoms with van der Waals surface area (Å²) in [6.07, 6.45) is 1.49. The average molecular weight is 704 g/mol. The summed E-state index contributed by atoms with van der Waals surface area (Å²) in [6, 6.07) is 21.6. The second-order valence-electron chi connectivity index (χ2n) is 9.30. The first-order valence-corrected chi connectivity index (χ1v) is 14.6. The maximum absolute atomic E-state index is 10.3. The number of carbonyl (C=O) groups excluding carboxylic acids is 2. The van der Waals surface area contributed by atoms with Crippen molar-refractivity contribution in [2.24, 2.45) is 0 Å². The molecule has 11 heteroatoms. The van der Waals surface area contributed by atoms with Crippen molar-refractivity contribution in [3.05, 3.63) is 112 Å². The average Bonchev–Trinajstić information content (AvgIpc) is 3.05. The van der Waals surface area contributed by atoms with Gasteiger partial charge in [-0.1, -0.05) is 40.2 Å². The van der Waals surface area contributed by atoms with E-state index in [-0.39, 0.29) is 51.8 Å². The van der Waals surface area contributed by atoms with E-state index in [1.165, 1.54) is 24.3 Å². The van der Waals surface area contributed by atoms with Gasteiger partial charge >= 0.3 is 29.6 Å². The number of benzene rings is 4. The van der Waals surface area contributed by atoms with Gasteiger partial charge in [-0.3, -0.25) is 9.59 Å². The van der Waals surface area contributed by atoms with Crippen LogP contribution in [0.3, 0.4) is 0 Å². The molecule has 0 heterocycles. The second-order valence-corrected chi connectivity index (χ2v) is 9.86. The number of rotatable bonds is 8. The molecule has 0 atom stereocenters. The summed E-state index contributed by atoms with van der Waals surface area (Å²) >= 11 is 3.40. The van der Waals surface area contributed by atoms with Gasteiger partial charge in [-0.05, 0) is 97.1 Å². The summed E-state index contributed by atoms with van der Waals surface area (Å²) < 4.78 is 20.0. The Hall–Kier alpha value is -3.28. The minimum Gasteiger partial charge on any atom is -1.00 e. The molecular weight excluding hydrogens is 662 g/mol. The summed E-state index contributed by atoms with van der Waals surface area (Å²) in [6.45, 7) is 6.00. The molecule has 0 saturated heterocycles. The third-order valence-electron chi connectivity index (χ3n) is 6.15. The van der Waals surface area contributed by atoms with E-state index in [1.54, 1.807) is 51.7 Å². The molecule has 241 valence electrons. The van der Waals surface area contributed by atoms with Gasteiger partial charge < -0.3 is 30.6 Å². The number of ether oxygens (including phenoxy) is 4. The number of aromatic hydroxyl groups is 1. The fourth-order valence-corrected chi connectivity index (χ4v) is 4.17. The number of alkyl halides is 1. The van der Waals surface area contributed by atoms with Crippen molar-refractivity contribution >= 4 is 36.9 Å². The van der Waals surface area contributed by atoms with Gasteiger partial charge in [0.25, 0.3) is 0 Å². The number of methoxy groups -OCH3 is 4. The maximum atomic E-state index is 10.3. The van der Waals surface area contributed by atoms with E-state index in [0.717, 1.165) is 45.6 Å². The zero-order valence-corrected chi connectivity index (χ0v) is 31.4. The van der Waals surface area contributed by atoms with Crippen LogP contribution in [0.15, 0.2) is 72.8 Å². The quantitative estimate of drug-likeness (QED) is 0.160. The zero-order valence-electron chi connectivity index (χ0n) is 28.8. The number of hydrogen-bond donors (Lipinski definition) is 2. The van der Waals surface area contributed by atoms with Crippen LogP contribution < -0.4 is 48.5 Å². The van der Waals surface area contributed by atoms with Gasteiger partial charge in [-0.25, -0.2) is 0 Å². The Morgan fingerprint density at radius 2 is 1.00 bits per heavy atom. The predicted molar refractivity (Wildman–Crippen MR) is 184 cm³/mol. The monoisotopic (exact) mass is 703 g/mol. The standard InChI is InChI=1S/C9H11BrO.C9H12O2.C9H10O2.C8H8O3.B.Na.H/c3*1-7-5-8(6-10)3-4-9(7)11-2;1-11-8-3-2-6(5-9)4-7(8)10;;;/h3-5H,6H2,1-2H3;3-5,10H,6H2,1-2H3;3-6H,1-2H3;2-5,10H,1H3;;;/q;;;;;+1;-1. The molecule has 0 unspecified atom stereocenters. The van der Waals surface area contributed by atoms with E-state index in [0.29, 0.717) is 23.2 Å². The molecule has 46 heavy (non-hydrogen) atoms. The Kier molecular flexibility index (Phi) is 24.3. The SMILES string of the molecule is COc1ccc(C=O)cc1C.COc1ccc(C=O)cc1O.COc1ccc(CBr)cc1C.COc1ccc(CO)cc1C.[B].[H-].[Na+]. The van der Waals surface area contributed by atoms with E-state index >= 15 is 0 Å². The molecule has 0 bridgehead atoms. The molecule has 0 aliphatic rings. The number of aliphatic hydroxyl groups is 1. The number of aryl methyl sites for hydroxylation is 3. The number of aldehydes is 2. The van der Waals surface area contributed by atoms with E-state index in [2.05, 4.69) is 28.1 Å². The van der Waals surface area contributed by atoms with Gasteiger partial charge in [-0.2, -0.15) is 0 Å². The number of phenols is 1. The fraction of sp³-hybridized carbons (Fsp3) is 0.257. The number of aliphatic hydroxyl groups excluding tert-OH is 1. The van der Waals surface area contributed by atoms with Gasteiger partial charge in [0.2, 0.25) is 0 Å². The van der Waals surface area contributed by atoms with Crippen LogP contribution in [-0.2, 0) is 11.9 Å². The minimum atomic E-state index is -0.0166. The molecule has 2 N–H and O–H groups in total. The van der Waals surface area contributed by atoms with Crippen molar-refractivity contribution in [2.45, 2.75) is 32.7 Å². The Morgan fingerprint density at radius 1 is 0.630 bits per heavy atom. The number of hydrogen-bond acceptors (Lipinski definition) is 8. The van der Waals surface area contributed by atoms with Gasteiger partial charge in [0.1, 0.15) is 29.8 Å². The summed E-state index contributed by atoms with van der Waals surface area (Å²) in [4.78, 5) is 20.5. The van der Waals surface area contributed by atoms with Crippen molar-refractivity contribution in [1.82, 2.24) is 0 Å². The van der Waals surface area contributed by atoms with Crippen LogP contribution >= 0.6 is 15.9 Å². The third-order valence-corrected chi connectivity index (χ3v) is 6.80. The first-order chi connectivity index (χ1) is 21.1. The van der Waals surface area contributed by atoms with Crippen LogP contribution in [0.1, 0.15) is 50.0 Å². The molecule has 0 fully saturated rings. The molecule has 4 aromatic rings. The molecule has 0 amide bonds. The van der Waals surface area contributed by atoms with Crippen LogP contribution in [0.4, 0.5) is 0 Å². The number of halogens is 1. The van der Waals surface area contributed by atoms with Gasteiger partial charge in [0, 0.05) is 24.9 Å². The molecule has 0 aromatic heterocycles. The van der Waals surface area contributed by atoms with Crippen LogP contribution in [-0.4, -0.2) is 59.6 Å². The van der Waals surface area contributed by atoms with Crippen molar-refractivity contribution in [3.63, 3.8) is 0 Å². The van der Waals surface area contributed by atoms with Crippen LogP contribution in [0.2, 0.25) is 0 Å². The first-order valence-electron chi connectivity index (χ1n) is 13.5. The summed E-state index contributed by atoms with van der Waals surface area (Å²) in [7, 11) is 6.40. The molecule has 8 nitrogen and oxygen atoms in total. The van der Waals surface area contributed by atoms with Crippen molar-refractivity contribution in [3.8, 4) is 28.7 Å². The molecule has 0 saturated carbocycles. The van der Waals surface area contributed by atoms with E-state index in [4.69, 9.17) is 29.2 Å². The third kappa shape index (κ3) is 15.3. The minimum absolute atomic E-state index is 0. The van der Waals surface area contributed by atoms with Crippen molar-refractivity contribution in [2.75, 3.05) is 28.4 Å². The molecular formula is C35H42BBrNaO8. The van der Waals surface area contributed by atoms with Crippen LogP contribution in [0.5, 0.6) is 28.7 Å². The molecule has 0 aliphatic heterocycles. The topological polar surface area (TPSA) is 112 Å². The van der Waals surface area contributed by atoms with Crippen molar-refractivity contribution < 1.29 is 69.7 Å². The summed E-state index contributed by atoms with van der Waals surface area (Å²) in [5.74, 6) is 2.99. The summed E-state index contributed by atoms with van der Waals surface area (Å²) in [5, 5.41) is 18.8. The maximum Gasteiger partial charge on any atom is 1.00 e. The van der Waals surface area contributed by atoms with Gasteiger partial charge in [0.15, 0.2) is 11.5 Å². The summed E-state index contributed by atoms with van der Waals surface area (Å²) in [5.41, 5.74) is 6.54. The van der Waals surface area contributed by atoms with Crippen LogP contribution in [0, 0.1) is 20.8 Å². The second kappa shape index (κ2) is 24.9. The van der Waals surface area contributed by atoms with E-state index < -0.39 is 0 Å². The largest absolute Gasteiger partial charge is 1.00 e. The Balaban J connectivity index is -0.000000538. The molecule has 0 spiro atoms. The smallest absolute Gasteiger partial charge is 1.00 e. The molecule has 0 aliphatic carbocycles. The number of phenolic OH excluding ortho intramolecular Hbond substituents is 1. The predicted octanol–water partition coefficient (Wildman–Crippen LogP) is 4.16. The van der Waals surface area contributed by atoms with Gasteiger partial charge in [0.05, 0.1) is 35.0 Å². The van der Waals surface area contributed by atoms with Crippen molar-refractivity contribution in [1.29, 1.82) is 0 Å². The van der Waals surface area contributed by atoms with E-state index in [1.807, 2.05) is 45.0 Å². The Labute approximate surface area is 306 Å². The Morgan fingerprint density at radius 3 is 1.35 bits per heavy atom.